The third-order valence-electron chi connectivity index (χ3n) is 4.87. The molecular formula is C20H22BrClFN3O. The van der Waals surface area contributed by atoms with Crippen LogP contribution in [0.2, 0.25) is 5.02 Å². The number of hydrogen-bond acceptors (Lipinski definition) is 2. The molecule has 0 saturated carbocycles. The van der Waals surface area contributed by atoms with Crippen LogP contribution in [0.15, 0.2) is 46.9 Å². The smallest absolute Gasteiger partial charge is 0.321 e. The molecule has 4 nitrogen and oxygen atoms in total. The van der Waals surface area contributed by atoms with Crippen molar-refractivity contribution in [3.05, 3.63) is 63.3 Å². The summed E-state index contributed by atoms with van der Waals surface area (Å²) in [4.78, 5) is 16.5. The van der Waals surface area contributed by atoms with E-state index in [0.29, 0.717) is 23.6 Å². The van der Waals surface area contributed by atoms with E-state index in [0.717, 1.165) is 24.4 Å². The van der Waals surface area contributed by atoms with Gasteiger partial charge in [-0.3, -0.25) is 4.90 Å². The molecule has 1 N–H and O–H groups in total. The molecule has 0 atom stereocenters. The zero-order chi connectivity index (χ0) is 19.4. The summed E-state index contributed by atoms with van der Waals surface area (Å²) in [6.07, 6.45) is 1.76. The fourth-order valence-corrected chi connectivity index (χ4v) is 3.89. The number of nitrogens with one attached hydrogen (secondary N) is 1. The number of piperidine rings is 1. The molecule has 144 valence electrons. The van der Waals surface area contributed by atoms with Crippen LogP contribution in [0, 0.1) is 5.82 Å². The fraction of sp³-hybridized carbons (Fsp3) is 0.350. The minimum Gasteiger partial charge on any atom is -0.324 e. The molecule has 2 aromatic rings. The highest BCUT2D eigenvalue weighted by Gasteiger charge is 2.25. The maximum absolute atomic E-state index is 13.9. The predicted molar refractivity (Wildman–Crippen MR) is 111 cm³/mol. The Labute approximate surface area is 172 Å². The van der Waals surface area contributed by atoms with Crippen molar-refractivity contribution in [3.8, 4) is 0 Å². The van der Waals surface area contributed by atoms with Gasteiger partial charge in [0.25, 0.3) is 0 Å². The standard InChI is InChI=1S/C20H22BrClFN3O/c1-25(13-14-3-2-4-16(22)11-14)17-7-9-26(10-8-17)20(27)24-19-6-5-15(21)12-18(19)23/h2-6,11-12,17H,7-10,13H2,1H3,(H,24,27). The first-order valence-electron chi connectivity index (χ1n) is 8.88. The van der Waals surface area contributed by atoms with Gasteiger partial charge in [-0.2, -0.15) is 0 Å². The molecule has 1 heterocycles. The molecule has 0 aromatic heterocycles. The third kappa shape index (κ3) is 5.43. The van der Waals surface area contributed by atoms with Gasteiger partial charge in [-0.25, -0.2) is 9.18 Å². The Balaban J connectivity index is 1.51. The van der Waals surface area contributed by atoms with E-state index in [9.17, 15) is 9.18 Å². The highest BCUT2D eigenvalue weighted by Crippen LogP contribution is 2.22. The summed E-state index contributed by atoms with van der Waals surface area (Å²) in [5.41, 5.74) is 1.37. The van der Waals surface area contributed by atoms with E-state index < -0.39 is 5.82 Å². The van der Waals surface area contributed by atoms with Crippen LogP contribution in [0.3, 0.4) is 0 Å². The van der Waals surface area contributed by atoms with Crippen LogP contribution in [0.1, 0.15) is 18.4 Å². The van der Waals surface area contributed by atoms with Crippen LogP contribution in [-0.2, 0) is 6.54 Å². The first-order chi connectivity index (χ1) is 12.9. The molecule has 1 saturated heterocycles. The van der Waals surface area contributed by atoms with Gasteiger partial charge in [0.05, 0.1) is 5.69 Å². The van der Waals surface area contributed by atoms with Gasteiger partial charge in [0.2, 0.25) is 0 Å². The van der Waals surface area contributed by atoms with E-state index in [2.05, 4.69) is 39.3 Å². The molecule has 1 aliphatic rings. The van der Waals surface area contributed by atoms with Gasteiger partial charge in [-0.15, -0.1) is 0 Å². The van der Waals surface area contributed by atoms with Gasteiger partial charge >= 0.3 is 6.03 Å². The van der Waals surface area contributed by atoms with Gasteiger partial charge in [-0.05, 0) is 55.8 Å². The number of carbonyl (C=O) groups excluding carboxylic acids is 1. The fourth-order valence-electron chi connectivity index (χ4n) is 3.35. The molecule has 27 heavy (non-hydrogen) atoms. The second kappa shape index (κ2) is 9.04. The predicted octanol–water partition coefficient (Wildman–Crippen LogP) is 5.37. The van der Waals surface area contributed by atoms with Crippen LogP contribution >= 0.6 is 27.5 Å². The Morgan fingerprint density at radius 2 is 2.04 bits per heavy atom. The largest absolute Gasteiger partial charge is 0.324 e. The third-order valence-corrected chi connectivity index (χ3v) is 5.60. The van der Waals surface area contributed by atoms with E-state index in [4.69, 9.17) is 11.6 Å². The van der Waals surface area contributed by atoms with Crippen molar-refractivity contribution >= 4 is 39.2 Å². The number of amides is 2. The Kier molecular flexibility index (Phi) is 6.73. The number of anilines is 1. The van der Waals surface area contributed by atoms with Crippen molar-refractivity contribution in [2.75, 3.05) is 25.5 Å². The molecule has 1 aliphatic heterocycles. The molecule has 1 fully saturated rings. The zero-order valence-corrected chi connectivity index (χ0v) is 17.4. The Hall–Kier alpha value is -1.63. The van der Waals surface area contributed by atoms with Crippen LogP contribution in [0.4, 0.5) is 14.9 Å². The average molecular weight is 455 g/mol. The second-order valence-corrected chi connectivity index (χ2v) is 8.17. The Morgan fingerprint density at radius 3 is 2.70 bits per heavy atom. The number of urea groups is 1. The maximum Gasteiger partial charge on any atom is 0.321 e. The van der Waals surface area contributed by atoms with E-state index >= 15 is 0 Å². The molecular weight excluding hydrogens is 433 g/mol. The highest BCUT2D eigenvalue weighted by atomic mass is 79.9. The average Bonchev–Trinajstić information content (AvgIpc) is 2.64. The summed E-state index contributed by atoms with van der Waals surface area (Å²) in [5.74, 6) is -0.450. The number of hydrogen-bond donors (Lipinski definition) is 1. The summed E-state index contributed by atoms with van der Waals surface area (Å²) in [6.45, 7) is 2.12. The lowest BCUT2D eigenvalue weighted by Crippen LogP contribution is -2.46. The second-order valence-electron chi connectivity index (χ2n) is 6.82. The lowest BCUT2D eigenvalue weighted by molar-refractivity contribution is 0.136. The molecule has 7 heteroatoms. The summed E-state index contributed by atoms with van der Waals surface area (Å²) in [6, 6.07) is 12.6. The SMILES string of the molecule is CN(Cc1cccc(Cl)c1)C1CCN(C(=O)Nc2ccc(Br)cc2F)CC1. The monoisotopic (exact) mass is 453 g/mol. The number of likely N-dealkylation sites (tertiary alicyclic amines) is 1. The Morgan fingerprint density at radius 1 is 1.30 bits per heavy atom. The summed E-state index contributed by atoms with van der Waals surface area (Å²) < 4.78 is 14.5. The number of halogens is 3. The number of carbonyl (C=O) groups is 1. The summed E-state index contributed by atoms with van der Waals surface area (Å²) in [7, 11) is 2.10. The quantitative estimate of drug-likeness (QED) is 0.674. The highest BCUT2D eigenvalue weighted by molar-refractivity contribution is 9.10. The first kappa shape index (κ1) is 20.1. The molecule has 2 aromatic carbocycles. The van der Waals surface area contributed by atoms with Crippen molar-refractivity contribution in [1.82, 2.24) is 9.80 Å². The van der Waals surface area contributed by atoms with Crippen LogP contribution in [0.25, 0.3) is 0 Å². The summed E-state index contributed by atoms with van der Waals surface area (Å²) >= 11 is 9.27. The molecule has 0 radical (unpaired) electrons. The maximum atomic E-state index is 13.9. The topological polar surface area (TPSA) is 35.6 Å². The minimum absolute atomic E-state index is 0.198. The Bertz CT molecular complexity index is 812. The van der Waals surface area contributed by atoms with E-state index in [-0.39, 0.29) is 11.7 Å². The van der Waals surface area contributed by atoms with Crippen molar-refractivity contribution in [2.45, 2.75) is 25.4 Å². The van der Waals surface area contributed by atoms with Gasteiger partial charge in [0.1, 0.15) is 5.82 Å². The van der Waals surface area contributed by atoms with Crippen LogP contribution in [-0.4, -0.2) is 42.0 Å². The normalized spacial score (nSPS) is 15.2. The van der Waals surface area contributed by atoms with E-state index in [1.807, 2.05) is 18.2 Å². The molecule has 0 spiro atoms. The van der Waals surface area contributed by atoms with Crippen LogP contribution < -0.4 is 5.32 Å². The lowest BCUT2D eigenvalue weighted by Gasteiger charge is -2.36. The molecule has 0 aliphatic carbocycles. The minimum atomic E-state index is -0.450. The van der Waals surface area contributed by atoms with E-state index in [1.165, 1.54) is 11.6 Å². The van der Waals surface area contributed by atoms with Crippen LogP contribution in [0.5, 0.6) is 0 Å². The number of rotatable bonds is 4. The molecule has 0 unspecified atom stereocenters. The summed E-state index contributed by atoms with van der Waals surface area (Å²) in [5, 5.41) is 3.40. The van der Waals surface area contributed by atoms with Gasteiger partial charge in [0.15, 0.2) is 0 Å². The zero-order valence-electron chi connectivity index (χ0n) is 15.1. The van der Waals surface area contributed by atoms with Crippen molar-refractivity contribution in [2.24, 2.45) is 0 Å². The van der Waals surface area contributed by atoms with Gasteiger partial charge < -0.3 is 10.2 Å². The van der Waals surface area contributed by atoms with Crippen molar-refractivity contribution in [3.63, 3.8) is 0 Å². The van der Waals surface area contributed by atoms with Gasteiger partial charge in [-0.1, -0.05) is 39.7 Å². The van der Waals surface area contributed by atoms with E-state index in [1.54, 1.807) is 17.0 Å². The lowest BCUT2D eigenvalue weighted by atomic mass is 10.0. The molecule has 3 rings (SSSR count). The molecule has 0 bridgehead atoms. The van der Waals surface area contributed by atoms with Gasteiger partial charge in [0, 0.05) is 35.2 Å². The number of nitrogens with zero attached hydrogens (tertiary/aromatic N) is 2. The number of benzene rings is 2. The first-order valence-corrected chi connectivity index (χ1v) is 10.0. The van der Waals surface area contributed by atoms with Crippen molar-refractivity contribution < 1.29 is 9.18 Å². The van der Waals surface area contributed by atoms with Crippen molar-refractivity contribution in [1.29, 1.82) is 0 Å². The molecule has 2 amide bonds.